The number of amides is 2. The summed E-state index contributed by atoms with van der Waals surface area (Å²) in [6.45, 7) is 1.54. The lowest BCUT2D eigenvalue weighted by Gasteiger charge is -2.21. The molecule has 9 nitrogen and oxygen atoms in total. The Labute approximate surface area is 217 Å². The molecule has 1 heterocycles. The fourth-order valence-electron chi connectivity index (χ4n) is 4.52. The van der Waals surface area contributed by atoms with Gasteiger partial charge in [0, 0.05) is 51.7 Å². The third-order valence-electron chi connectivity index (χ3n) is 6.43. The van der Waals surface area contributed by atoms with Gasteiger partial charge in [-0.05, 0) is 36.5 Å². The summed E-state index contributed by atoms with van der Waals surface area (Å²) in [6.07, 6.45) is 8.96. The van der Waals surface area contributed by atoms with Gasteiger partial charge in [-0.2, -0.15) is 5.10 Å². The molecular formula is C25H35ClN4O5S. The maximum atomic E-state index is 13.3. The number of carbonyl (C=O) groups excluding carboxylic acids is 2. The van der Waals surface area contributed by atoms with Crippen molar-refractivity contribution in [3.63, 3.8) is 0 Å². The van der Waals surface area contributed by atoms with Gasteiger partial charge >= 0.3 is 0 Å². The van der Waals surface area contributed by atoms with Gasteiger partial charge in [-0.15, -0.1) is 0 Å². The summed E-state index contributed by atoms with van der Waals surface area (Å²) in [6, 6.07) is 6.42. The number of halogens is 1. The summed E-state index contributed by atoms with van der Waals surface area (Å²) in [5.74, 6) is 0.0523. The van der Waals surface area contributed by atoms with Crippen LogP contribution >= 0.6 is 11.6 Å². The lowest BCUT2D eigenvalue weighted by atomic mass is 9.87. The Hall–Kier alpha value is -2.43. The van der Waals surface area contributed by atoms with Crippen molar-refractivity contribution >= 4 is 39.1 Å². The molecule has 0 saturated heterocycles. The number of methoxy groups -OCH3 is 1. The van der Waals surface area contributed by atoms with E-state index in [9.17, 15) is 18.0 Å². The van der Waals surface area contributed by atoms with Gasteiger partial charge in [0.15, 0.2) is 15.7 Å². The zero-order chi connectivity index (χ0) is 26.1. The predicted octanol–water partition coefficient (Wildman–Crippen LogP) is 3.79. The highest BCUT2D eigenvalue weighted by Crippen LogP contribution is 2.36. The van der Waals surface area contributed by atoms with E-state index in [1.54, 1.807) is 36.2 Å². The number of aryl methyl sites for hydroxylation is 1. The van der Waals surface area contributed by atoms with Crippen LogP contribution in [-0.4, -0.2) is 56.5 Å². The van der Waals surface area contributed by atoms with Crippen LogP contribution < -0.4 is 10.6 Å². The topological polar surface area (TPSA) is 119 Å². The third-order valence-corrected chi connectivity index (χ3v) is 8.01. The number of hydrogen-bond donors (Lipinski definition) is 2. The Bertz CT molecular complexity index is 1150. The van der Waals surface area contributed by atoms with Crippen molar-refractivity contribution < 1.29 is 22.7 Å². The molecule has 0 bridgehead atoms. The molecular weight excluding hydrogens is 504 g/mol. The summed E-state index contributed by atoms with van der Waals surface area (Å²) in [7, 11) is -1.84. The number of nitrogens with one attached hydrogen (secondary N) is 2. The van der Waals surface area contributed by atoms with E-state index in [0.29, 0.717) is 43.4 Å². The van der Waals surface area contributed by atoms with Crippen molar-refractivity contribution in [2.45, 2.75) is 62.3 Å². The van der Waals surface area contributed by atoms with E-state index in [-0.39, 0.29) is 28.2 Å². The maximum Gasteiger partial charge on any atom is 0.233 e. The van der Waals surface area contributed by atoms with E-state index in [4.69, 9.17) is 16.3 Å². The third kappa shape index (κ3) is 8.31. The van der Waals surface area contributed by atoms with Crippen LogP contribution in [0.5, 0.6) is 0 Å². The number of anilines is 1. The van der Waals surface area contributed by atoms with Gasteiger partial charge in [-0.3, -0.25) is 14.3 Å². The lowest BCUT2D eigenvalue weighted by Crippen LogP contribution is -2.26. The smallest absolute Gasteiger partial charge is 0.233 e. The Morgan fingerprint density at radius 2 is 2.00 bits per heavy atom. The summed E-state index contributed by atoms with van der Waals surface area (Å²) in [5.41, 5.74) is 0.682. The SMILES string of the molecule is COCCCNC(=O)CCn1ccc(NC(=O)C(CC2CCCC2)c2ccc(S(C)(=O)=O)c(Cl)c2)n1. The van der Waals surface area contributed by atoms with Gasteiger partial charge < -0.3 is 15.4 Å². The number of ether oxygens (including phenoxy) is 1. The van der Waals surface area contributed by atoms with Crippen LogP contribution in [0.15, 0.2) is 35.4 Å². The summed E-state index contributed by atoms with van der Waals surface area (Å²) < 4.78 is 30.5. The molecule has 0 radical (unpaired) electrons. The van der Waals surface area contributed by atoms with E-state index in [1.165, 1.54) is 6.07 Å². The van der Waals surface area contributed by atoms with E-state index in [1.807, 2.05) is 0 Å². The molecule has 0 aliphatic heterocycles. The number of rotatable bonds is 13. The van der Waals surface area contributed by atoms with Gasteiger partial charge in [-0.25, -0.2) is 8.42 Å². The van der Waals surface area contributed by atoms with Crippen molar-refractivity contribution in [1.29, 1.82) is 0 Å². The molecule has 3 rings (SSSR count). The van der Waals surface area contributed by atoms with Crippen LogP contribution in [-0.2, 0) is 30.7 Å². The van der Waals surface area contributed by atoms with Crippen LogP contribution in [0, 0.1) is 5.92 Å². The van der Waals surface area contributed by atoms with Crippen LogP contribution in [0.1, 0.15) is 56.4 Å². The number of aromatic nitrogens is 2. The highest BCUT2D eigenvalue weighted by Gasteiger charge is 2.28. The van der Waals surface area contributed by atoms with Gasteiger partial charge in [0.05, 0.1) is 15.8 Å². The van der Waals surface area contributed by atoms with E-state index >= 15 is 0 Å². The summed E-state index contributed by atoms with van der Waals surface area (Å²) in [5, 5.41) is 10.2. The first-order valence-electron chi connectivity index (χ1n) is 12.3. The molecule has 2 amide bonds. The molecule has 2 aromatic rings. The second-order valence-corrected chi connectivity index (χ2v) is 11.7. The zero-order valence-corrected chi connectivity index (χ0v) is 22.4. The first-order valence-corrected chi connectivity index (χ1v) is 14.5. The molecule has 1 aliphatic carbocycles. The second-order valence-electron chi connectivity index (χ2n) is 9.30. The van der Waals surface area contributed by atoms with Crippen molar-refractivity contribution in [2.75, 3.05) is 31.8 Å². The van der Waals surface area contributed by atoms with Gasteiger partial charge in [0.2, 0.25) is 11.8 Å². The lowest BCUT2D eigenvalue weighted by molar-refractivity contribution is -0.121. The van der Waals surface area contributed by atoms with Gasteiger partial charge in [0.1, 0.15) is 0 Å². The highest BCUT2D eigenvalue weighted by atomic mass is 35.5. The zero-order valence-electron chi connectivity index (χ0n) is 20.8. The number of hydrogen-bond acceptors (Lipinski definition) is 6. The van der Waals surface area contributed by atoms with E-state index < -0.39 is 15.8 Å². The molecule has 1 saturated carbocycles. The number of benzene rings is 1. The predicted molar refractivity (Wildman–Crippen MR) is 139 cm³/mol. The molecule has 11 heteroatoms. The van der Waals surface area contributed by atoms with Gasteiger partial charge in [0.25, 0.3) is 0 Å². The van der Waals surface area contributed by atoms with Crippen molar-refractivity contribution in [1.82, 2.24) is 15.1 Å². The molecule has 1 fully saturated rings. The molecule has 1 aromatic heterocycles. The van der Waals surface area contributed by atoms with Gasteiger partial charge in [-0.1, -0.05) is 43.4 Å². The van der Waals surface area contributed by atoms with Crippen LogP contribution in [0.25, 0.3) is 0 Å². The second kappa shape index (κ2) is 13.2. The Morgan fingerprint density at radius 1 is 1.25 bits per heavy atom. The molecule has 1 unspecified atom stereocenters. The standard InChI is InChI=1S/C25H35ClN4O5S/c1-35-15-5-12-27-24(31)11-14-30-13-10-23(29-30)28-25(32)20(16-18-6-3-4-7-18)19-8-9-22(21(26)17-19)36(2,33)34/h8-10,13,17-18,20H,3-7,11-12,14-16H2,1-2H3,(H,27,31)(H,28,29,32). The fourth-order valence-corrected chi connectivity index (χ4v) is 5.86. The minimum atomic E-state index is -3.46. The minimum Gasteiger partial charge on any atom is -0.385 e. The molecule has 198 valence electrons. The molecule has 0 spiro atoms. The molecule has 1 aliphatic rings. The molecule has 1 aromatic carbocycles. The fraction of sp³-hybridized carbons (Fsp3) is 0.560. The van der Waals surface area contributed by atoms with Crippen LogP contribution in [0.2, 0.25) is 5.02 Å². The molecule has 1 atom stereocenters. The normalized spacial score (nSPS) is 15.1. The summed E-state index contributed by atoms with van der Waals surface area (Å²) in [4.78, 5) is 25.4. The Kier molecular flexibility index (Phi) is 10.3. The largest absolute Gasteiger partial charge is 0.385 e. The van der Waals surface area contributed by atoms with Crippen molar-refractivity contribution in [3.05, 3.63) is 41.0 Å². The number of sulfone groups is 1. The van der Waals surface area contributed by atoms with E-state index in [2.05, 4.69) is 15.7 Å². The Balaban J connectivity index is 1.65. The van der Waals surface area contributed by atoms with Crippen LogP contribution in [0.3, 0.4) is 0 Å². The molecule has 36 heavy (non-hydrogen) atoms. The van der Waals surface area contributed by atoms with Crippen LogP contribution in [0.4, 0.5) is 5.82 Å². The quantitative estimate of drug-likeness (QED) is 0.374. The summed E-state index contributed by atoms with van der Waals surface area (Å²) >= 11 is 6.29. The van der Waals surface area contributed by atoms with Crippen molar-refractivity contribution in [2.24, 2.45) is 5.92 Å². The number of carbonyl (C=O) groups is 2. The number of nitrogens with zero attached hydrogens (tertiary/aromatic N) is 2. The maximum absolute atomic E-state index is 13.3. The first kappa shape index (κ1) is 28.1. The highest BCUT2D eigenvalue weighted by molar-refractivity contribution is 7.90. The average Bonchev–Trinajstić information content (AvgIpc) is 3.50. The first-order chi connectivity index (χ1) is 17.2. The Morgan fingerprint density at radius 3 is 2.67 bits per heavy atom. The van der Waals surface area contributed by atoms with Crippen molar-refractivity contribution in [3.8, 4) is 0 Å². The average molecular weight is 539 g/mol. The molecule has 2 N–H and O–H groups in total. The van der Waals surface area contributed by atoms with E-state index in [0.717, 1.165) is 38.4 Å². The monoisotopic (exact) mass is 538 g/mol. The minimum absolute atomic E-state index is 0.0504.